The Hall–Kier alpha value is 0. The molecule has 0 bridgehead atoms. The molecule has 25 atom stereocenters. The maximum absolute atomic E-state index is 2.91. The van der Waals surface area contributed by atoms with Gasteiger partial charge in [-0.3, -0.25) is 0 Å². The van der Waals surface area contributed by atoms with Crippen LogP contribution in [-0.2, 0) is 0 Å². The zero-order chi connectivity index (χ0) is 35.9. The summed E-state index contributed by atoms with van der Waals surface area (Å²) in [6.45, 7) is 26.9. The molecule has 0 saturated heterocycles. The highest BCUT2D eigenvalue weighted by atomic mass is 14.9. The second kappa shape index (κ2) is 11.8. The normalized spacial score (nSPS) is 62.5. The fourth-order valence-corrected chi connectivity index (χ4v) is 22.3. The van der Waals surface area contributed by atoms with Gasteiger partial charge in [0.15, 0.2) is 0 Å². The van der Waals surface area contributed by atoms with Crippen molar-refractivity contribution in [3.8, 4) is 0 Å². The first-order valence-electron chi connectivity index (χ1n) is 24.8. The lowest BCUT2D eigenvalue weighted by Gasteiger charge is -2.76. The minimum Gasteiger partial charge on any atom is -0.0625 e. The summed E-state index contributed by atoms with van der Waals surface area (Å²) >= 11 is 0. The molecule has 0 heteroatoms. The fraction of sp³-hybridized carbons (Fsp3) is 1.00. The molecule has 11 aliphatic rings. The van der Waals surface area contributed by atoms with Gasteiger partial charge in [-0.05, 0) is 242 Å². The quantitative estimate of drug-likeness (QED) is 0.268. The molecule has 0 nitrogen and oxygen atoms in total. The summed E-state index contributed by atoms with van der Waals surface area (Å²) in [4.78, 5) is 0. The van der Waals surface area contributed by atoms with E-state index < -0.39 is 0 Å². The summed E-state index contributed by atoms with van der Waals surface area (Å²) in [5, 5.41) is 0. The SMILES string of the molecule is CC1CCC2C(C1)CC1CC3C4CC(C)CCC4C4C5CC(C(C)C)CCC5C56C7C(C)C(C(C)C)CC7C7CC(C(C)(C)C)CC(C2C1C5C34)C76. The van der Waals surface area contributed by atoms with Crippen molar-refractivity contribution < 1.29 is 0 Å². The van der Waals surface area contributed by atoms with Crippen LogP contribution in [0, 0.1) is 165 Å². The standard InChI is InChI=1S/C52H84/c1-25(2)30-13-16-43-41(20-30)46-35-15-12-28(6)18-37(35)38-21-32-19-31-17-27(5)11-14-34(31)45-42-23-33(51(8,9)10)22-39-40-24-36(26(3)4)29(7)48(40)52(43,49(39)42)50(44(32)45)47(38)46/h25-50H,11-24H2,1-10H3. The van der Waals surface area contributed by atoms with Gasteiger partial charge in [-0.15, -0.1) is 0 Å². The third-order valence-corrected chi connectivity index (χ3v) is 23.2. The molecule has 0 N–H and O–H groups in total. The van der Waals surface area contributed by atoms with Crippen LogP contribution in [0.1, 0.15) is 159 Å². The van der Waals surface area contributed by atoms with Crippen molar-refractivity contribution in [1.82, 2.24) is 0 Å². The minimum atomic E-state index is 0.467. The molecule has 0 radical (unpaired) electrons. The highest BCUT2D eigenvalue weighted by molar-refractivity contribution is 5.30. The molecule has 0 aliphatic heterocycles. The first-order chi connectivity index (χ1) is 24.8. The Morgan fingerprint density at radius 2 is 1.15 bits per heavy atom. The van der Waals surface area contributed by atoms with Gasteiger partial charge in [0, 0.05) is 0 Å². The maximum atomic E-state index is 2.91. The summed E-state index contributed by atoms with van der Waals surface area (Å²) < 4.78 is 0. The van der Waals surface area contributed by atoms with E-state index in [2.05, 4.69) is 69.2 Å². The highest BCUT2D eigenvalue weighted by Gasteiger charge is 2.82. The lowest BCUT2D eigenvalue weighted by molar-refractivity contribution is -0.291. The Labute approximate surface area is 322 Å². The second-order valence-electron chi connectivity index (χ2n) is 26.0. The fourth-order valence-electron chi connectivity index (χ4n) is 22.3. The van der Waals surface area contributed by atoms with Gasteiger partial charge < -0.3 is 0 Å². The molecule has 11 rings (SSSR count). The van der Waals surface area contributed by atoms with Crippen molar-refractivity contribution in [1.29, 1.82) is 0 Å². The van der Waals surface area contributed by atoms with Crippen LogP contribution in [0.4, 0.5) is 0 Å². The molecule has 11 saturated carbocycles. The average Bonchev–Trinajstić information content (AvgIpc) is 3.71. The van der Waals surface area contributed by atoms with Crippen LogP contribution in [0.5, 0.6) is 0 Å². The van der Waals surface area contributed by atoms with E-state index >= 15 is 0 Å². The molecule has 1 spiro atoms. The summed E-state index contributed by atoms with van der Waals surface area (Å²) in [6, 6.07) is 0. The Morgan fingerprint density at radius 3 is 1.88 bits per heavy atom. The molecule has 52 heavy (non-hydrogen) atoms. The van der Waals surface area contributed by atoms with Crippen LogP contribution in [0.15, 0.2) is 0 Å². The molecule has 0 aromatic rings. The molecule has 11 fully saturated rings. The van der Waals surface area contributed by atoms with E-state index in [1.807, 2.05) is 0 Å². The van der Waals surface area contributed by atoms with Crippen LogP contribution in [0.3, 0.4) is 0 Å². The Bertz CT molecular complexity index is 1380. The third-order valence-electron chi connectivity index (χ3n) is 23.2. The molecule has 0 aromatic heterocycles. The maximum Gasteiger partial charge on any atom is -0.0165 e. The van der Waals surface area contributed by atoms with Gasteiger partial charge in [0.25, 0.3) is 0 Å². The van der Waals surface area contributed by atoms with Crippen molar-refractivity contribution in [2.75, 3.05) is 0 Å². The van der Waals surface area contributed by atoms with Gasteiger partial charge in [-0.2, -0.15) is 0 Å². The molecular weight excluding hydrogens is 625 g/mol. The van der Waals surface area contributed by atoms with Crippen molar-refractivity contribution in [3.05, 3.63) is 0 Å². The number of fused-ring (bicyclic) bond motifs is 10. The van der Waals surface area contributed by atoms with E-state index in [-0.39, 0.29) is 0 Å². The van der Waals surface area contributed by atoms with E-state index in [0.29, 0.717) is 10.8 Å². The molecule has 25 unspecified atom stereocenters. The zero-order valence-electron chi connectivity index (χ0n) is 35.9. The molecular formula is C52H84. The van der Waals surface area contributed by atoms with Crippen LogP contribution in [0.2, 0.25) is 0 Å². The molecule has 292 valence electrons. The van der Waals surface area contributed by atoms with Crippen LogP contribution in [-0.4, -0.2) is 0 Å². The minimum absolute atomic E-state index is 0.467. The topological polar surface area (TPSA) is 0 Å². The van der Waals surface area contributed by atoms with Gasteiger partial charge in [0.05, 0.1) is 0 Å². The Balaban J connectivity index is 1.16. The summed E-state index contributed by atoms with van der Waals surface area (Å²) in [5.74, 6) is 27.3. The predicted molar refractivity (Wildman–Crippen MR) is 217 cm³/mol. The number of hydrogen-bond donors (Lipinski definition) is 0. The summed E-state index contributed by atoms with van der Waals surface area (Å²) in [7, 11) is 0. The van der Waals surface area contributed by atoms with E-state index in [0.717, 1.165) is 154 Å². The smallest absolute Gasteiger partial charge is 0.0165 e. The van der Waals surface area contributed by atoms with Crippen molar-refractivity contribution in [2.24, 2.45) is 165 Å². The zero-order valence-corrected chi connectivity index (χ0v) is 35.9. The molecule has 11 aliphatic carbocycles. The first-order valence-corrected chi connectivity index (χ1v) is 24.8. The lowest BCUT2D eigenvalue weighted by atomic mass is 9.28. The summed E-state index contributed by atoms with van der Waals surface area (Å²) in [5.41, 5.74) is 1.17. The van der Waals surface area contributed by atoms with E-state index in [1.54, 1.807) is 89.9 Å². The van der Waals surface area contributed by atoms with Crippen LogP contribution < -0.4 is 0 Å². The average molecular weight is 709 g/mol. The number of hydrogen-bond acceptors (Lipinski definition) is 0. The predicted octanol–water partition coefficient (Wildman–Crippen LogP) is 13.8. The first kappa shape index (κ1) is 35.2. The molecule has 0 aromatic carbocycles. The van der Waals surface area contributed by atoms with Crippen LogP contribution >= 0.6 is 0 Å². The van der Waals surface area contributed by atoms with Crippen molar-refractivity contribution >= 4 is 0 Å². The highest BCUT2D eigenvalue weighted by Crippen LogP contribution is 2.87. The van der Waals surface area contributed by atoms with Gasteiger partial charge in [0.2, 0.25) is 0 Å². The van der Waals surface area contributed by atoms with E-state index in [1.165, 1.54) is 0 Å². The van der Waals surface area contributed by atoms with E-state index in [9.17, 15) is 0 Å². The Morgan fingerprint density at radius 1 is 0.462 bits per heavy atom. The van der Waals surface area contributed by atoms with Gasteiger partial charge in [-0.25, -0.2) is 0 Å². The van der Waals surface area contributed by atoms with Crippen molar-refractivity contribution in [3.63, 3.8) is 0 Å². The van der Waals surface area contributed by atoms with E-state index in [4.69, 9.17) is 0 Å². The monoisotopic (exact) mass is 709 g/mol. The largest absolute Gasteiger partial charge is 0.0625 e. The number of rotatable bonds is 2. The molecule has 0 amide bonds. The second-order valence-corrected chi connectivity index (χ2v) is 26.0. The molecule has 0 heterocycles. The van der Waals surface area contributed by atoms with Crippen LogP contribution in [0.25, 0.3) is 0 Å². The third kappa shape index (κ3) is 4.41. The summed E-state index contributed by atoms with van der Waals surface area (Å²) in [6.07, 6.45) is 22.7. The Kier molecular flexibility index (Phi) is 7.98. The van der Waals surface area contributed by atoms with Gasteiger partial charge in [0.1, 0.15) is 0 Å². The van der Waals surface area contributed by atoms with Gasteiger partial charge >= 0.3 is 0 Å². The van der Waals surface area contributed by atoms with Gasteiger partial charge in [-0.1, -0.05) is 82.1 Å². The lowest BCUT2D eigenvalue weighted by Crippen LogP contribution is -2.72. The van der Waals surface area contributed by atoms with Crippen molar-refractivity contribution in [2.45, 2.75) is 159 Å².